The molecule has 1 amide bonds. The first kappa shape index (κ1) is 19.8. The van der Waals surface area contributed by atoms with E-state index in [0.29, 0.717) is 12.1 Å². The van der Waals surface area contributed by atoms with Gasteiger partial charge >= 0.3 is 0 Å². The summed E-state index contributed by atoms with van der Waals surface area (Å²) in [7, 11) is -3.87. The fourth-order valence-corrected chi connectivity index (χ4v) is 4.71. The Kier molecular flexibility index (Phi) is 6.14. The highest BCUT2D eigenvalue weighted by Crippen LogP contribution is 2.25. The van der Waals surface area contributed by atoms with Crippen LogP contribution in [0.1, 0.15) is 42.1 Å². The van der Waals surface area contributed by atoms with E-state index < -0.39 is 10.0 Å². The first-order valence-electron chi connectivity index (χ1n) is 8.87. The van der Waals surface area contributed by atoms with E-state index in [1.807, 2.05) is 6.92 Å². The van der Waals surface area contributed by atoms with E-state index in [1.165, 1.54) is 12.1 Å². The fourth-order valence-electron chi connectivity index (χ4n) is 3.17. The molecular formula is C19H22ClN3O3S. The Morgan fingerprint density at radius 1 is 1.33 bits per heavy atom. The molecule has 144 valence electrons. The third-order valence-electron chi connectivity index (χ3n) is 4.72. The van der Waals surface area contributed by atoms with Gasteiger partial charge in [-0.3, -0.25) is 9.78 Å². The van der Waals surface area contributed by atoms with Gasteiger partial charge in [0.2, 0.25) is 10.0 Å². The molecule has 0 unspecified atom stereocenters. The molecule has 0 radical (unpaired) electrons. The first-order valence-corrected chi connectivity index (χ1v) is 10.7. The maximum Gasteiger partial charge on any atom is 0.254 e. The molecule has 8 heteroatoms. The number of nitrogens with zero attached hydrogens (tertiary/aromatic N) is 2. The molecule has 2 aromatic rings. The first-order chi connectivity index (χ1) is 12.9. The molecule has 1 aliphatic heterocycles. The number of benzene rings is 1. The van der Waals surface area contributed by atoms with Crippen molar-refractivity contribution >= 4 is 27.5 Å². The lowest BCUT2D eigenvalue weighted by Crippen LogP contribution is -2.42. The summed E-state index contributed by atoms with van der Waals surface area (Å²) in [6, 6.07) is 8.04. The highest BCUT2D eigenvalue weighted by molar-refractivity contribution is 7.89. The van der Waals surface area contributed by atoms with Crippen molar-refractivity contribution < 1.29 is 13.2 Å². The summed E-state index contributed by atoms with van der Waals surface area (Å²) < 4.78 is 27.9. The summed E-state index contributed by atoms with van der Waals surface area (Å²) in [5.74, 6) is -0.164. The topological polar surface area (TPSA) is 79.4 Å². The summed E-state index contributed by atoms with van der Waals surface area (Å²) in [6.45, 7) is 2.79. The number of piperidine rings is 1. The molecule has 1 fully saturated rings. The van der Waals surface area contributed by atoms with Gasteiger partial charge in [0.1, 0.15) is 4.90 Å². The number of hydrogen-bond acceptors (Lipinski definition) is 4. The van der Waals surface area contributed by atoms with Gasteiger partial charge in [0.15, 0.2) is 0 Å². The molecule has 1 atom stereocenters. The molecule has 1 aliphatic rings. The normalized spacial score (nSPS) is 17.7. The van der Waals surface area contributed by atoms with Crippen molar-refractivity contribution in [2.24, 2.45) is 0 Å². The number of nitrogens with one attached hydrogen (secondary N) is 1. The highest BCUT2D eigenvalue weighted by atomic mass is 35.5. The Balaban J connectivity index is 1.82. The molecule has 0 saturated carbocycles. The number of pyridine rings is 1. The minimum Gasteiger partial charge on any atom is -0.336 e. The van der Waals surface area contributed by atoms with E-state index >= 15 is 0 Å². The lowest BCUT2D eigenvalue weighted by molar-refractivity contribution is 0.0635. The largest absolute Gasteiger partial charge is 0.336 e. The monoisotopic (exact) mass is 407 g/mol. The lowest BCUT2D eigenvalue weighted by atomic mass is 10.0. The number of rotatable bonds is 5. The number of likely N-dealkylation sites (tertiary alicyclic amines) is 1. The van der Waals surface area contributed by atoms with Crippen LogP contribution in [-0.2, 0) is 16.6 Å². The molecule has 1 aromatic carbocycles. The van der Waals surface area contributed by atoms with Gasteiger partial charge < -0.3 is 4.90 Å². The second-order valence-corrected chi connectivity index (χ2v) is 8.82. The van der Waals surface area contributed by atoms with Gasteiger partial charge in [-0.2, -0.15) is 0 Å². The van der Waals surface area contributed by atoms with Gasteiger partial charge in [-0.1, -0.05) is 17.7 Å². The highest BCUT2D eigenvalue weighted by Gasteiger charge is 2.26. The van der Waals surface area contributed by atoms with Crippen LogP contribution in [0.25, 0.3) is 0 Å². The van der Waals surface area contributed by atoms with Crippen molar-refractivity contribution in [3.63, 3.8) is 0 Å². The maximum atomic E-state index is 12.8. The van der Waals surface area contributed by atoms with E-state index in [-0.39, 0.29) is 28.4 Å². The van der Waals surface area contributed by atoms with Crippen molar-refractivity contribution in [1.82, 2.24) is 14.6 Å². The average Bonchev–Trinajstić information content (AvgIpc) is 2.67. The minimum absolute atomic E-state index is 0.0805. The molecule has 3 rings (SSSR count). The Labute approximate surface area is 164 Å². The van der Waals surface area contributed by atoms with Crippen LogP contribution in [0.3, 0.4) is 0 Å². The molecule has 6 nitrogen and oxygen atoms in total. The number of aromatic nitrogens is 1. The smallest absolute Gasteiger partial charge is 0.254 e. The third kappa shape index (κ3) is 4.66. The Morgan fingerprint density at radius 2 is 2.15 bits per heavy atom. The van der Waals surface area contributed by atoms with Crippen LogP contribution in [0, 0.1) is 0 Å². The molecule has 1 saturated heterocycles. The molecule has 1 aromatic heterocycles. The molecule has 27 heavy (non-hydrogen) atoms. The molecule has 0 bridgehead atoms. The van der Waals surface area contributed by atoms with Crippen LogP contribution >= 0.6 is 11.6 Å². The fraction of sp³-hybridized carbons (Fsp3) is 0.368. The zero-order valence-corrected chi connectivity index (χ0v) is 16.6. The van der Waals surface area contributed by atoms with Gasteiger partial charge in [-0.25, -0.2) is 13.1 Å². The average molecular weight is 408 g/mol. The van der Waals surface area contributed by atoms with Gasteiger partial charge in [-0.05, 0) is 56.0 Å². The molecular weight excluding hydrogens is 386 g/mol. The molecule has 0 aliphatic carbocycles. The number of carbonyl (C=O) groups is 1. The summed E-state index contributed by atoms with van der Waals surface area (Å²) in [4.78, 5) is 18.5. The van der Waals surface area contributed by atoms with Gasteiger partial charge in [-0.15, -0.1) is 0 Å². The van der Waals surface area contributed by atoms with Gasteiger partial charge in [0, 0.05) is 37.1 Å². The number of halogens is 1. The summed E-state index contributed by atoms with van der Waals surface area (Å²) in [6.07, 6.45) is 6.22. The van der Waals surface area contributed by atoms with Crippen LogP contribution in [0.2, 0.25) is 5.02 Å². The number of hydrogen-bond donors (Lipinski definition) is 1. The molecule has 0 spiro atoms. The lowest BCUT2D eigenvalue weighted by Gasteiger charge is -2.33. The van der Waals surface area contributed by atoms with Gasteiger partial charge in [0.25, 0.3) is 5.91 Å². The molecule has 2 heterocycles. The van der Waals surface area contributed by atoms with E-state index in [0.717, 1.165) is 24.8 Å². The van der Waals surface area contributed by atoms with E-state index in [9.17, 15) is 13.2 Å². The van der Waals surface area contributed by atoms with E-state index in [1.54, 1.807) is 35.5 Å². The zero-order valence-electron chi connectivity index (χ0n) is 15.1. The SMILES string of the molecule is C[C@H]1CCCCN1C(=O)c1ccc(Cl)c(S(=O)(=O)NCc2cccnc2)c1. The number of sulfonamides is 1. The van der Waals surface area contributed by atoms with Crippen molar-refractivity contribution in [2.45, 2.75) is 43.7 Å². The Hall–Kier alpha value is -1.96. The van der Waals surface area contributed by atoms with Crippen molar-refractivity contribution in [3.05, 3.63) is 58.9 Å². The Morgan fingerprint density at radius 3 is 2.85 bits per heavy atom. The molecule has 1 N–H and O–H groups in total. The predicted molar refractivity (Wildman–Crippen MR) is 104 cm³/mol. The van der Waals surface area contributed by atoms with Crippen LogP contribution in [0.5, 0.6) is 0 Å². The predicted octanol–water partition coefficient (Wildman–Crippen LogP) is 3.23. The number of carbonyl (C=O) groups excluding carboxylic acids is 1. The maximum absolute atomic E-state index is 12.8. The van der Waals surface area contributed by atoms with E-state index in [4.69, 9.17) is 11.6 Å². The number of amides is 1. The third-order valence-corrected chi connectivity index (χ3v) is 6.60. The Bertz CT molecular complexity index is 919. The van der Waals surface area contributed by atoms with Crippen molar-refractivity contribution in [1.29, 1.82) is 0 Å². The quantitative estimate of drug-likeness (QED) is 0.825. The van der Waals surface area contributed by atoms with E-state index in [2.05, 4.69) is 9.71 Å². The standard InChI is InChI=1S/C19H22ClN3O3S/c1-14-5-2-3-10-23(14)19(24)16-7-8-17(20)18(11-16)27(25,26)22-13-15-6-4-9-21-12-15/h4,6-9,11-12,14,22H,2-3,5,10,13H2,1H3/t14-/m0/s1. The van der Waals surface area contributed by atoms with Crippen molar-refractivity contribution in [3.8, 4) is 0 Å². The van der Waals surface area contributed by atoms with Crippen LogP contribution in [0.4, 0.5) is 0 Å². The van der Waals surface area contributed by atoms with Crippen LogP contribution in [-0.4, -0.2) is 36.8 Å². The van der Waals surface area contributed by atoms with Crippen LogP contribution in [0.15, 0.2) is 47.6 Å². The summed E-state index contributed by atoms with van der Waals surface area (Å²) >= 11 is 6.13. The van der Waals surface area contributed by atoms with Crippen LogP contribution < -0.4 is 4.72 Å². The summed E-state index contributed by atoms with van der Waals surface area (Å²) in [5, 5.41) is 0.0805. The summed E-state index contributed by atoms with van der Waals surface area (Å²) in [5.41, 5.74) is 1.06. The minimum atomic E-state index is -3.87. The van der Waals surface area contributed by atoms with Crippen molar-refractivity contribution in [2.75, 3.05) is 6.54 Å². The zero-order chi connectivity index (χ0) is 19.4. The van der Waals surface area contributed by atoms with Gasteiger partial charge in [0.05, 0.1) is 5.02 Å². The second-order valence-electron chi connectivity index (χ2n) is 6.67. The second kappa shape index (κ2) is 8.37.